The summed E-state index contributed by atoms with van der Waals surface area (Å²) in [5.74, 6) is -0.333. The Morgan fingerprint density at radius 3 is 2.57 bits per heavy atom. The van der Waals surface area contributed by atoms with E-state index >= 15 is 0 Å². The van der Waals surface area contributed by atoms with Gasteiger partial charge >= 0.3 is 0 Å². The number of halogens is 4. The summed E-state index contributed by atoms with van der Waals surface area (Å²) < 4.78 is 14.2. The molecule has 1 aromatic carbocycles. The minimum atomic E-state index is -0.333. The molecule has 7 heteroatoms. The highest BCUT2D eigenvalue weighted by atomic mass is 35.5. The third kappa shape index (κ3) is 4.68. The summed E-state index contributed by atoms with van der Waals surface area (Å²) in [7, 11) is 0. The number of benzene rings is 1. The first-order chi connectivity index (χ1) is 9.65. The van der Waals surface area contributed by atoms with Gasteiger partial charge < -0.3 is 10.4 Å². The van der Waals surface area contributed by atoms with E-state index in [-0.39, 0.29) is 35.9 Å². The topological polar surface area (TPSA) is 35.5 Å². The molecule has 0 radical (unpaired) electrons. The number of rotatable bonds is 5. The van der Waals surface area contributed by atoms with Gasteiger partial charge in [0.15, 0.2) is 0 Å². The molecule has 0 saturated carbocycles. The molecule has 1 heterocycles. The molecule has 1 fully saturated rings. The lowest BCUT2D eigenvalue weighted by Gasteiger charge is -2.36. The van der Waals surface area contributed by atoms with Crippen LogP contribution in [0.15, 0.2) is 12.1 Å². The van der Waals surface area contributed by atoms with Gasteiger partial charge in [0.05, 0.1) is 10.0 Å². The summed E-state index contributed by atoms with van der Waals surface area (Å²) in [6, 6.07) is 2.69. The van der Waals surface area contributed by atoms with E-state index in [1.165, 1.54) is 12.1 Å². The Kier molecular flexibility index (Phi) is 8.24. The molecule has 0 bridgehead atoms. The van der Waals surface area contributed by atoms with Gasteiger partial charge in [0, 0.05) is 44.4 Å². The standard InChI is InChI=1S/C14H19Cl2FN2O.ClH/c15-10-3-4-11(17)13(14(10)16)12(2-1-9-20)19-7-5-18-6-8-19;/h3-4,12,18,20H,1-2,5-9H2;1H/t12-;/m1./s1. The molecule has 0 spiro atoms. The van der Waals surface area contributed by atoms with Crippen LogP contribution in [0, 0.1) is 5.82 Å². The Balaban J connectivity index is 0.00000220. The summed E-state index contributed by atoms with van der Waals surface area (Å²) in [5, 5.41) is 13.0. The van der Waals surface area contributed by atoms with Crippen molar-refractivity contribution in [3.63, 3.8) is 0 Å². The van der Waals surface area contributed by atoms with Crippen LogP contribution < -0.4 is 5.32 Å². The largest absolute Gasteiger partial charge is 0.396 e. The minimum Gasteiger partial charge on any atom is -0.396 e. The molecule has 0 aromatic heterocycles. The summed E-state index contributed by atoms with van der Waals surface area (Å²) in [5.41, 5.74) is 0.453. The van der Waals surface area contributed by atoms with Gasteiger partial charge in [-0.1, -0.05) is 23.2 Å². The van der Waals surface area contributed by atoms with Crippen LogP contribution >= 0.6 is 35.6 Å². The van der Waals surface area contributed by atoms with Crippen molar-refractivity contribution in [2.45, 2.75) is 18.9 Å². The van der Waals surface area contributed by atoms with Crippen molar-refractivity contribution in [2.24, 2.45) is 0 Å². The lowest BCUT2D eigenvalue weighted by Crippen LogP contribution is -2.45. The number of nitrogens with zero attached hydrogens (tertiary/aromatic N) is 1. The Labute approximate surface area is 140 Å². The fraction of sp³-hybridized carbons (Fsp3) is 0.571. The second-order valence-electron chi connectivity index (χ2n) is 4.92. The summed E-state index contributed by atoms with van der Waals surface area (Å²) in [4.78, 5) is 2.20. The second kappa shape index (κ2) is 9.13. The van der Waals surface area contributed by atoms with Gasteiger partial charge in [-0.25, -0.2) is 4.39 Å². The van der Waals surface area contributed by atoms with E-state index in [2.05, 4.69) is 10.2 Å². The van der Waals surface area contributed by atoms with Gasteiger partial charge in [-0.2, -0.15) is 0 Å². The maximum absolute atomic E-state index is 14.2. The Hall–Kier alpha value is -0.100. The van der Waals surface area contributed by atoms with Gasteiger partial charge in [0.1, 0.15) is 5.82 Å². The first-order valence-electron chi connectivity index (χ1n) is 6.84. The average Bonchev–Trinajstić information content (AvgIpc) is 2.47. The summed E-state index contributed by atoms with van der Waals surface area (Å²) >= 11 is 12.2. The van der Waals surface area contributed by atoms with Crippen LogP contribution in [0.5, 0.6) is 0 Å². The van der Waals surface area contributed by atoms with E-state index in [1.54, 1.807) is 0 Å². The SMILES string of the molecule is Cl.OCCC[C@H](c1c(F)ccc(Cl)c1Cl)N1CCNCC1. The number of aliphatic hydroxyl groups is 1. The second-order valence-corrected chi connectivity index (χ2v) is 5.71. The van der Waals surface area contributed by atoms with Gasteiger partial charge in [-0.15, -0.1) is 12.4 Å². The number of nitrogens with one attached hydrogen (secondary N) is 1. The first kappa shape index (κ1) is 18.9. The Bertz CT molecular complexity index is 456. The van der Waals surface area contributed by atoms with Crippen molar-refractivity contribution in [2.75, 3.05) is 32.8 Å². The molecule has 3 nitrogen and oxygen atoms in total. The Morgan fingerprint density at radius 1 is 1.29 bits per heavy atom. The average molecular weight is 358 g/mol. The first-order valence-corrected chi connectivity index (χ1v) is 7.59. The fourth-order valence-corrected chi connectivity index (χ4v) is 3.08. The minimum absolute atomic E-state index is 0. The van der Waals surface area contributed by atoms with E-state index in [0.29, 0.717) is 23.4 Å². The highest BCUT2D eigenvalue weighted by Gasteiger charge is 2.27. The Morgan fingerprint density at radius 2 is 1.95 bits per heavy atom. The zero-order chi connectivity index (χ0) is 14.5. The van der Waals surface area contributed by atoms with E-state index in [9.17, 15) is 4.39 Å². The van der Waals surface area contributed by atoms with E-state index < -0.39 is 0 Å². The zero-order valence-corrected chi connectivity index (χ0v) is 13.9. The van der Waals surface area contributed by atoms with Gasteiger partial charge in [-0.3, -0.25) is 4.90 Å². The molecule has 0 unspecified atom stereocenters. The fourth-order valence-electron chi connectivity index (χ4n) is 2.64. The van der Waals surface area contributed by atoms with Crippen molar-refractivity contribution in [3.05, 3.63) is 33.6 Å². The van der Waals surface area contributed by atoms with Gasteiger partial charge in [0.25, 0.3) is 0 Å². The van der Waals surface area contributed by atoms with Crippen LogP contribution in [-0.4, -0.2) is 42.8 Å². The van der Waals surface area contributed by atoms with Crippen LogP contribution in [0.2, 0.25) is 10.0 Å². The quantitative estimate of drug-likeness (QED) is 0.794. The van der Waals surface area contributed by atoms with Crippen molar-refractivity contribution in [1.82, 2.24) is 10.2 Å². The molecular weight excluding hydrogens is 338 g/mol. The highest BCUT2D eigenvalue weighted by Crippen LogP contribution is 2.37. The maximum atomic E-state index is 14.2. The van der Waals surface area contributed by atoms with Crippen LogP contribution in [0.25, 0.3) is 0 Å². The lowest BCUT2D eigenvalue weighted by molar-refractivity contribution is 0.152. The molecule has 1 saturated heterocycles. The predicted molar refractivity (Wildman–Crippen MR) is 87.2 cm³/mol. The molecule has 1 atom stereocenters. The number of piperazine rings is 1. The lowest BCUT2D eigenvalue weighted by atomic mass is 9.99. The monoisotopic (exact) mass is 356 g/mol. The molecule has 1 aromatic rings. The molecule has 0 amide bonds. The smallest absolute Gasteiger partial charge is 0.129 e. The highest BCUT2D eigenvalue weighted by molar-refractivity contribution is 6.42. The molecule has 2 rings (SSSR count). The molecular formula is C14H20Cl3FN2O. The van der Waals surface area contributed by atoms with Crippen molar-refractivity contribution < 1.29 is 9.50 Å². The van der Waals surface area contributed by atoms with Crippen molar-refractivity contribution >= 4 is 35.6 Å². The normalized spacial score (nSPS) is 17.3. The molecule has 2 N–H and O–H groups in total. The van der Waals surface area contributed by atoms with Crippen LogP contribution in [0.3, 0.4) is 0 Å². The van der Waals surface area contributed by atoms with Crippen molar-refractivity contribution in [3.8, 4) is 0 Å². The molecule has 1 aliphatic rings. The third-order valence-electron chi connectivity index (χ3n) is 3.64. The molecule has 0 aliphatic carbocycles. The zero-order valence-electron chi connectivity index (χ0n) is 11.6. The molecule has 120 valence electrons. The molecule has 1 aliphatic heterocycles. The summed E-state index contributed by atoms with van der Waals surface area (Å²) in [6.07, 6.45) is 1.27. The molecule has 21 heavy (non-hydrogen) atoms. The number of aliphatic hydroxyl groups excluding tert-OH is 1. The number of hydrogen-bond donors (Lipinski definition) is 2. The predicted octanol–water partition coefficient (Wildman–Crippen LogP) is 3.27. The van der Waals surface area contributed by atoms with Gasteiger partial charge in [0.2, 0.25) is 0 Å². The van der Waals surface area contributed by atoms with E-state index in [1.807, 2.05) is 0 Å². The van der Waals surface area contributed by atoms with Crippen molar-refractivity contribution in [1.29, 1.82) is 0 Å². The van der Waals surface area contributed by atoms with Gasteiger partial charge in [-0.05, 0) is 25.0 Å². The van der Waals surface area contributed by atoms with E-state index in [4.69, 9.17) is 28.3 Å². The van der Waals surface area contributed by atoms with E-state index in [0.717, 1.165) is 26.2 Å². The van der Waals surface area contributed by atoms with Crippen LogP contribution in [0.1, 0.15) is 24.4 Å². The van der Waals surface area contributed by atoms with Crippen LogP contribution in [0.4, 0.5) is 4.39 Å². The maximum Gasteiger partial charge on any atom is 0.129 e. The third-order valence-corrected chi connectivity index (χ3v) is 4.46. The number of hydrogen-bond acceptors (Lipinski definition) is 3. The van der Waals surface area contributed by atoms with Crippen LogP contribution in [-0.2, 0) is 0 Å². The summed E-state index contributed by atoms with van der Waals surface area (Å²) in [6.45, 7) is 3.49.